The highest BCUT2D eigenvalue weighted by Gasteiger charge is 1.89. The lowest BCUT2D eigenvalue weighted by atomic mass is 10.3. The van der Waals surface area contributed by atoms with Crippen molar-refractivity contribution in [1.29, 1.82) is 0 Å². The van der Waals surface area contributed by atoms with Crippen LogP contribution in [-0.2, 0) is 0 Å². The summed E-state index contributed by atoms with van der Waals surface area (Å²) in [6.07, 6.45) is 6.39. The van der Waals surface area contributed by atoms with Gasteiger partial charge in [-0.15, -0.1) is 0 Å². The summed E-state index contributed by atoms with van der Waals surface area (Å²) in [7, 11) is 0. The highest BCUT2D eigenvalue weighted by molar-refractivity contribution is 5.20. The van der Waals surface area contributed by atoms with Gasteiger partial charge in [0.2, 0.25) is 0 Å². The quantitative estimate of drug-likeness (QED) is 0.493. The monoisotopic (exact) mass is 175 g/mol. The molecular formula is C12H15O. The standard InChI is InChI=1S/C12H15O/c1-2-3-4-8-11-13-12-9-6-5-7-10-12/h2-3,6-7,9-10H,4,8,11H2,1H3. The largest absolute Gasteiger partial charge is 0.494 e. The normalized spacial score (nSPS) is 10.5. The van der Waals surface area contributed by atoms with Crippen molar-refractivity contribution in [3.05, 3.63) is 42.5 Å². The minimum Gasteiger partial charge on any atom is -0.494 e. The van der Waals surface area contributed by atoms with Gasteiger partial charge in [0.15, 0.2) is 0 Å². The summed E-state index contributed by atoms with van der Waals surface area (Å²) in [6.45, 7) is 2.82. The molecule has 13 heavy (non-hydrogen) atoms. The van der Waals surface area contributed by atoms with E-state index in [0.717, 1.165) is 25.2 Å². The summed E-state index contributed by atoms with van der Waals surface area (Å²) in [4.78, 5) is 0. The van der Waals surface area contributed by atoms with E-state index >= 15 is 0 Å². The maximum atomic E-state index is 5.50. The zero-order valence-corrected chi connectivity index (χ0v) is 7.99. The second-order valence-electron chi connectivity index (χ2n) is 2.80. The molecule has 0 saturated carbocycles. The Morgan fingerprint density at radius 2 is 2.15 bits per heavy atom. The van der Waals surface area contributed by atoms with E-state index in [4.69, 9.17) is 4.74 Å². The van der Waals surface area contributed by atoms with Gasteiger partial charge in [0.05, 0.1) is 6.61 Å². The zero-order chi connectivity index (χ0) is 9.36. The Labute approximate surface area is 80.0 Å². The van der Waals surface area contributed by atoms with E-state index in [1.54, 1.807) is 0 Å². The number of unbranched alkanes of at least 4 members (excludes halogenated alkanes) is 1. The average molecular weight is 175 g/mol. The minimum absolute atomic E-state index is 0.786. The number of benzene rings is 1. The first kappa shape index (κ1) is 9.85. The van der Waals surface area contributed by atoms with E-state index in [2.05, 4.69) is 18.2 Å². The summed E-state index contributed by atoms with van der Waals surface area (Å²) in [5.74, 6) is 0.930. The second kappa shape index (κ2) is 6.30. The summed E-state index contributed by atoms with van der Waals surface area (Å²) >= 11 is 0. The van der Waals surface area contributed by atoms with Crippen LogP contribution in [0.3, 0.4) is 0 Å². The van der Waals surface area contributed by atoms with Crippen molar-refractivity contribution in [1.82, 2.24) is 0 Å². The van der Waals surface area contributed by atoms with Gasteiger partial charge in [-0.1, -0.05) is 24.3 Å². The molecule has 0 heterocycles. The fourth-order valence-corrected chi connectivity index (χ4v) is 1.03. The Hall–Kier alpha value is -1.24. The van der Waals surface area contributed by atoms with Gasteiger partial charge in [-0.05, 0) is 38.0 Å². The summed E-state index contributed by atoms with van der Waals surface area (Å²) in [5, 5.41) is 0. The van der Waals surface area contributed by atoms with Crippen molar-refractivity contribution >= 4 is 0 Å². The molecule has 1 rings (SSSR count). The lowest BCUT2D eigenvalue weighted by Gasteiger charge is -2.03. The van der Waals surface area contributed by atoms with Gasteiger partial charge in [0.25, 0.3) is 0 Å². The first-order valence-corrected chi connectivity index (χ1v) is 4.63. The van der Waals surface area contributed by atoms with Gasteiger partial charge in [0.1, 0.15) is 5.75 Å². The molecule has 0 bridgehead atoms. The highest BCUT2D eigenvalue weighted by atomic mass is 16.5. The number of rotatable bonds is 5. The van der Waals surface area contributed by atoms with Crippen LogP contribution in [0.1, 0.15) is 19.8 Å². The number of hydrogen-bond acceptors (Lipinski definition) is 1. The molecule has 1 heteroatoms. The van der Waals surface area contributed by atoms with Crippen LogP contribution in [0.5, 0.6) is 5.75 Å². The second-order valence-corrected chi connectivity index (χ2v) is 2.80. The SMILES string of the molecule is CC=CCCCOc1cc[c]cc1. The van der Waals surface area contributed by atoms with Gasteiger partial charge in [-0.25, -0.2) is 0 Å². The van der Waals surface area contributed by atoms with Crippen molar-refractivity contribution in [3.63, 3.8) is 0 Å². The van der Waals surface area contributed by atoms with E-state index in [1.165, 1.54) is 0 Å². The summed E-state index contributed by atoms with van der Waals surface area (Å²) < 4.78 is 5.50. The fraction of sp³-hybridized carbons (Fsp3) is 0.333. The molecular weight excluding hydrogens is 160 g/mol. The molecule has 0 aliphatic rings. The fourth-order valence-electron chi connectivity index (χ4n) is 1.03. The Balaban J connectivity index is 2.13. The van der Waals surface area contributed by atoms with E-state index in [9.17, 15) is 0 Å². The zero-order valence-electron chi connectivity index (χ0n) is 7.99. The van der Waals surface area contributed by atoms with Crippen LogP contribution >= 0.6 is 0 Å². The Kier molecular flexibility index (Phi) is 4.77. The predicted octanol–water partition coefficient (Wildman–Crippen LogP) is 3.22. The van der Waals surface area contributed by atoms with Crippen LogP contribution in [0.25, 0.3) is 0 Å². The van der Waals surface area contributed by atoms with Crippen LogP contribution in [0.15, 0.2) is 36.4 Å². The maximum absolute atomic E-state index is 5.50. The van der Waals surface area contributed by atoms with Gasteiger partial charge < -0.3 is 4.74 Å². The molecule has 1 radical (unpaired) electrons. The molecule has 0 spiro atoms. The molecule has 0 atom stereocenters. The van der Waals surface area contributed by atoms with E-state index in [0.29, 0.717) is 0 Å². The van der Waals surface area contributed by atoms with E-state index in [-0.39, 0.29) is 0 Å². The first-order chi connectivity index (χ1) is 6.43. The molecule has 0 N–H and O–H groups in total. The number of ether oxygens (including phenoxy) is 1. The van der Waals surface area contributed by atoms with Gasteiger partial charge in [-0.3, -0.25) is 0 Å². The highest BCUT2D eigenvalue weighted by Crippen LogP contribution is 2.08. The van der Waals surface area contributed by atoms with Crippen molar-refractivity contribution in [3.8, 4) is 5.75 Å². The van der Waals surface area contributed by atoms with Crippen molar-refractivity contribution < 1.29 is 4.74 Å². The van der Waals surface area contributed by atoms with E-state index in [1.807, 2.05) is 31.2 Å². The third-order valence-corrected chi connectivity index (χ3v) is 1.71. The molecule has 0 fully saturated rings. The van der Waals surface area contributed by atoms with Crippen LogP contribution in [-0.4, -0.2) is 6.61 Å². The molecule has 0 aliphatic heterocycles. The first-order valence-electron chi connectivity index (χ1n) is 4.63. The molecule has 0 amide bonds. The predicted molar refractivity (Wildman–Crippen MR) is 54.8 cm³/mol. The van der Waals surface area contributed by atoms with Crippen molar-refractivity contribution in [2.24, 2.45) is 0 Å². The minimum atomic E-state index is 0.786. The maximum Gasteiger partial charge on any atom is 0.119 e. The molecule has 1 aromatic rings. The van der Waals surface area contributed by atoms with Crippen LogP contribution in [0.2, 0.25) is 0 Å². The van der Waals surface area contributed by atoms with Gasteiger partial charge in [0, 0.05) is 0 Å². The molecule has 0 saturated heterocycles. The van der Waals surface area contributed by atoms with Crippen molar-refractivity contribution in [2.75, 3.05) is 6.61 Å². The Morgan fingerprint density at radius 3 is 2.85 bits per heavy atom. The lowest BCUT2D eigenvalue weighted by Crippen LogP contribution is -1.95. The van der Waals surface area contributed by atoms with E-state index < -0.39 is 0 Å². The molecule has 69 valence electrons. The third kappa shape index (κ3) is 4.36. The van der Waals surface area contributed by atoms with Crippen LogP contribution in [0.4, 0.5) is 0 Å². The van der Waals surface area contributed by atoms with Crippen LogP contribution in [0, 0.1) is 6.07 Å². The molecule has 0 aliphatic carbocycles. The molecule has 0 unspecified atom stereocenters. The average Bonchev–Trinajstić information content (AvgIpc) is 2.19. The Morgan fingerprint density at radius 1 is 1.38 bits per heavy atom. The number of allylic oxidation sites excluding steroid dienone is 2. The van der Waals surface area contributed by atoms with Crippen molar-refractivity contribution in [2.45, 2.75) is 19.8 Å². The molecule has 0 aromatic heterocycles. The Bertz CT molecular complexity index is 239. The molecule has 1 nitrogen and oxygen atoms in total. The number of hydrogen-bond donors (Lipinski definition) is 0. The van der Waals surface area contributed by atoms with Gasteiger partial charge in [-0.2, -0.15) is 0 Å². The molecule has 1 aromatic carbocycles. The topological polar surface area (TPSA) is 9.23 Å². The smallest absolute Gasteiger partial charge is 0.119 e. The van der Waals surface area contributed by atoms with Gasteiger partial charge >= 0.3 is 0 Å². The third-order valence-electron chi connectivity index (χ3n) is 1.71. The lowest BCUT2D eigenvalue weighted by molar-refractivity contribution is 0.312. The van der Waals surface area contributed by atoms with Crippen LogP contribution < -0.4 is 4.74 Å². The summed E-state index contributed by atoms with van der Waals surface area (Å²) in [6, 6.07) is 10.5. The summed E-state index contributed by atoms with van der Waals surface area (Å²) in [5.41, 5.74) is 0.